The number of nitrogens with one attached hydrogen (secondary N) is 1. The Morgan fingerprint density at radius 3 is 3.08 bits per heavy atom. The molecule has 1 aliphatic rings. The summed E-state index contributed by atoms with van der Waals surface area (Å²) in [6.45, 7) is 3.72. The van der Waals surface area contributed by atoms with E-state index < -0.39 is 0 Å². The van der Waals surface area contributed by atoms with Crippen molar-refractivity contribution in [1.82, 2.24) is 5.32 Å². The van der Waals surface area contributed by atoms with Gasteiger partial charge in [-0.2, -0.15) is 0 Å². The minimum Gasteiger partial charge on any atom is -0.472 e. The maximum Gasteiger partial charge on any atom is 0.231 e. The van der Waals surface area contributed by atoms with Crippen LogP contribution in [0.1, 0.15) is 24.3 Å². The van der Waals surface area contributed by atoms with E-state index in [0.717, 1.165) is 24.1 Å². The lowest BCUT2D eigenvalue weighted by Gasteiger charge is -2.22. The standard InChI is InChI=1S/C10H11NO2/c1-7-2-3-9(10(12)11-7)8-4-5-13-6-8/h4-6,9H,1-3H2,(H,11,12). The largest absolute Gasteiger partial charge is 0.472 e. The van der Waals surface area contributed by atoms with Crippen LogP contribution < -0.4 is 5.32 Å². The van der Waals surface area contributed by atoms with E-state index in [1.165, 1.54) is 0 Å². The van der Waals surface area contributed by atoms with E-state index >= 15 is 0 Å². The van der Waals surface area contributed by atoms with Crippen molar-refractivity contribution in [1.29, 1.82) is 0 Å². The zero-order valence-corrected chi connectivity index (χ0v) is 7.25. The van der Waals surface area contributed by atoms with Gasteiger partial charge in [-0.25, -0.2) is 0 Å². The fourth-order valence-corrected chi connectivity index (χ4v) is 1.56. The minimum atomic E-state index is -0.0655. The van der Waals surface area contributed by atoms with E-state index in [1.54, 1.807) is 12.5 Å². The van der Waals surface area contributed by atoms with Crippen LogP contribution in [0.2, 0.25) is 0 Å². The number of allylic oxidation sites excluding steroid dienone is 1. The molecule has 1 saturated heterocycles. The lowest BCUT2D eigenvalue weighted by molar-refractivity contribution is -0.122. The van der Waals surface area contributed by atoms with E-state index in [0.29, 0.717) is 0 Å². The van der Waals surface area contributed by atoms with Gasteiger partial charge < -0.3 is 9.73 Å². The summed E-state index contributed by atoms with van der Waals surface area (Å²) >= 11 is 0. The lowest BCUT2D eigenvalue weighted by Crippen LogP contribution is -2.32. The summed E-state index contributed by atoms with van der Waals surface area (Å²) < 4.78 is 4.94. The third-order valence-electron chi connectivity index (χ3n) is 2.30. The third-order valence-corrected chi connectivity index (χ3v) is 2.30. The topological polar surface area (TPSA) is 42.2 Å². The molecule has 1 atom stereocenters. The summed E-state index contributed by atoms with van der Waals surface area (Å²) in [4.78, 5) is 11.5. The van der Waals surface area contributed by atoms with Crippen molar-refractivity contribution in [3.05, 3.63) is 36.4 Å². The Labute approximate surface area is 76.4 Å². The van der Waals surface area contributed by atoms with Crippen LogP contribution in [0, 0.1) is 0 Å². The highest BCUT2D eigenvalue weighted by atomic mass is 16.3. The van der Waals surface area contributed by atoms with Crippen LogP contribution in [0.15, 0.2) is 35.3 Å². The number of furan rings is 1. The molecule has 1 aromatic heterocycles. The smallest absolute Gasteiger partial charge is 0.231 e. The highest BCUT2D eigenvalue weighted by Crippen LogP contribution is 2.26. The van der Waals surface area contributed by atoms with Crippen molar-refractivity contribution >= 4 is 5.91 Å². The number of amides is 1. The van der Waals surface area contributed by atoms with Gasteiger partial charge in [0, 0.05) is 11.3 Å². The van der Waals surface area contributed by atoms with Gasteiger partial charge in [-0.1, -0.05) is 6.58 Å². The predicted molar refractivity (Wildman–Crippen MR) is 48.0 cm³/mol. The molecule has 3 nitrogen and oxygen atoms in total. The normalized spacial score (nSPS) is 22.9. The Bertz CT molecular complexity index is 327. The van der Waals surface area contributed by atoms with Crippen molar-refractivity contribution in [3.63, 3.8) is 0 Å². The lowest BCUT2D eigenvalue weighted by atomic mass is 9.92. The number of rotatable bonds is 1. The molecule has 1 unspecified atom stereocenters. The molecule has 68 valence electrons. The second kappa shape index (κ2) is 3.09. The van der Waals surface area contributed by atoms with Gasteiger partial charge in [0.15, 0.2) is 0 Å². The molecule has 2 rings (SSSR count). The molecule has 0 spiro atoms. The van der Waals surface area contributed by atoms with Gasteiger partial charge in [-0.05, 0) is 18.9 Å². The van der Waals surface area contributed by atoms with Crippen LogP contribution in [0.5, 0.6) is 0 Å². The van der Waals surface area contributed by atoms with Crippen molar-refractivity contribution in [2.24, 2.45) is 0 Å². The first-order valence-corrected chi connectivity index (χ1v) is 4.28. The van der Waals surface area contributed by atoms with E-state index in [1.807, 2.05) is 6.07 Å². The van der Waals surface area contributed by atoms with Crippen molar-refractivity contribution in [2.45, 2.75) is 18.8 Å². The molecule has 0 radical (unpaired) electrons. The average molecular weight is 177 g/mol. The fourth-order valence-electron chi connectivity index (χ4n) is 1.56. The summed E-state index contributed by atoms with van der Waals surface area (Å²) in [6.07, 6.45) is 4.89. The van der Waals surface area contributed by atoms with E-state index in [4.69, 9.17) is 4.42 Å². The van der Waals surface area contributed by atoms with Gasteiger partial charge in [0.2, 0.25) is 5.91 Å². The first kappa shape index (κ1) is 8.10. The zero-order chi connectivity index (χ0) is 9.26. The minimum absolute atomic E-state index is 0.0256. The molecule has 1 fully saturated rings. The molecular formula is C10H11NO2. The summed E-state index contributed by atoms with van der Waals surface area (Å²) in [7, 11) is 0. The SMILES string of the molecule is C=C1CCC(c2ccoc2)C(=O)N1. The fraction of sp³-hybridized carbons (Fsp3) is 0.300. The summed E-state index contributed by atoms with van der Waals surface area (Å²) in [6, 6.07) is 1.83. The molecular weight excluding hydrogens is 166 g/mol. The molecule has 0 bridgehead atoms. The Morgan fingerprint density at radius 2 is 2.46 bits per heavy atom. The van der Waals surface area contributed by atoms with Gasteiger partial charge in [0.05, 0.1) is 18.4 Å². The maximum absolute atomic E-state index is 11.5. The Balaban J connectivity index is 2.17. The van der Waals surface area contributed by atoms with Crippen LogP contribution >= 0.6 is 0 Å². The maximum atomic E-state index is 11.5. The summed E-state index contributed by atoms with van der Waals surface area (Å²) in [5.74, 6) is -0.0399. The van der Waals surface area contributed by atoms with Crippen LogP contribution in [0.4, 0.5) is 0 Å². The van der Waals surface area contributed by atoms with Crippen molar-refractivity contribution in [2.75, 3.05) is 0 Å². The Kier molecular flexibility index (Phi) is 1.93. The monoisotopic (exact) mass is 177 g/mol. The highest BCUT2D eigenvalue weighted by Gasteiger charge is 2.25. The Hall–Kier alpha value is -1.51. The second-order valence-electron chi connectivity index (χ2n) is 3.24. The molecule has 1 amide bonds. The third kappa shape index (κ3) is 1.49. The van der Waals surface area contributed by atoms with Crippen LogP contribution in [0.3, 0.4) is 0 Å². The zero-order valence-electron chi connectivity index (χ0n) is 7.25. The molecule has 0 aromatic carbocycles. The highest BCUT2D eigenvalue weighted by molar-refractivity contribution is 5.85. The quantitative estimate of drug-likeness (QED) is 0.710. The van der Waals surface area contributed by atoms with E-state index in [-0.39, 0.29) is 11.8 Å². The number of carbonyl (C=O) groups is 1. The van der Waals surface area contributed by atoms with Gasteiger partial charge in [0.25, 0.3) is 0 Å². The van der Waals surface area contributed by atoms with E-state index in [2.05, 4.69) is 11.9 Å². The molecule has 0 saturated carbocycles. The number of hydrogen-bond donors (Lipinski definition) is 1. The van der Waals surface area contributed by atoms with Gasteiger partial charge >= 0.3 is 0 Å². The molecule has 13 heavy (non-hydrogen) atoms. The Morgan fingerprint density at radius 1 is 1.62 bits per heavy atom. The van der Waals surface area contributed by atoms with Gasteiger partial charge in [-0.15, -0.1) is 0 Å². The molecule has 3 heteroatoms. The molecule has 2 heterocycles. The van der Waals surface area contributed by atoms with Crippen LogP contribution in [-0.4, -0.2) is 5.91 Å². The van der Waals surface area contributed by atoms with Crippen molar-refractivity contribution in [3.8, 4) is 0 Å². The van der Waals surface area contributed by atoms with Gasteiger partial charge in [0.1, 0.15) is 0 Å². The van der Waals surface area contributed by atoms with Crippen LogP contribution in [0.25, 0.3) is 0 Å². The first-order valence-electron chi connectivity index (χ1n) is 4.28. The first-order chi connectivity index (χ1) is 6.27. The summed E-state index contributed by atoms with van der Waals surface area (Å²) in [5, 5.41) is 2.74. The van der Waals surface area contributed by atoms with Gasteiger partial charge in [-0.3, -0.25) is 4.79 Å². The molecule has 1 aromatic rings. The predicted octanol–water partition coefficient (Wildman–Crippen LogP) is 1.79. The van der Waals surface area contributed by atoms with Crippen LogP contribution in [-0.2, 0) is 4.79 Å². The van der Waals surface area contributed by atoms with E-state index in [9.17, 15) is 4.79 Å². The molecule has 1 aliphatic heterocycles. The molecule has 0 aliphatic carbocycles. The summed E-state index contributed by atoms with van der Waals surface area (Å²) in [5.41, 5.74) is 1.76. The second-order valence-corrected chi connectivity index (χ2v) is 3.24. The molecule has 1 N–H and O–H groups in total. The average Bonchev–Trinajstić information content (AvgIpc) is 2.56. The number of hydrogen-bond acceptors (Lipinski definition) is 2. The number of carbonyl (C=O) groups excluding carboxylic acids is 1. The number of piperidine rings is 1. The van der Waals surface area contributed by atoms with Crippen molar-refractivity contribution < 1.29 is 9.21 Å².